The maximum atomic E-state index is 12.4. The summed E-state index contributed by atoms with van der Waals surface area (Å²) in [6, 6.07) is 1.96. The Morgan fingerprint density at radius 3 is 2.78 bits per heavy atom. The van der Waals surface area contributed by atoms with Gasteiger partial charge < -0.3 is 10.4 Å². The summed E-state index contributed by atoms with van der Waals surface area (Å²) in [6.07, 6.45) is 2.82. The number of carbonyl (C=O) groups is 1. The molecule has 2 aromatic heterocycles. The fourth-order valence-electron chi connectivity index (χ4n) is 2.87. The Balaban J connectivity index is 2.10. The zero-order valence-corrected chi connectivity index (χ0v) is 15.2. The number of thiophene rings is 1. The zero-order chi connectivity index (χ0) is 17.0. The summed E-state index contributed by atoms with van der Waals surface area (Å²) in [5.41, 5.74) is 1.04. The lowest BCUT2D eigenvalue weighted by molar-refractivity contribution is 0.0947. The van der Waals surface area contributed by atoms with Crippen LogP contribution in [-0.4, -0.2) is 33.9 Å². The first-order valence-corrected chi connectivity index (χ1v) is 9.15. The molecule has 0 fully saturated rings. The molecular formula is C17H27N3O2S. The molecule has 0 saturated carbocycles. The van der Waals surface area contributed by atoms with Crippen molar-refractivity contribution in [2.75, 3.05) is 13.2 Å². The number of aryl methyl sites for hydroxylation is 1. The molecule has 0 saturated heterocycles. The van der Waals surface area contributed by atoms with E-state index >= 15 is 0 Å². The van der Waals surface area contributed by atoms with Gasteiger partial charge in [-0.05, 0) is 30.7 Å². The summed E-state index contributed by atoms with van der Waals surface area (Å²) < 4.78 is 1.86. The number of amides is 1. The number of rotatable bonds is 8. The minimum atomic E-state index is -0.0278. The molecule has 1 amide bonds. The number of nitrogens with one attached hydrogen (secondary N) is 1. The van der Waals surface area contributed by atoms with Gasteiger partial charge in [0.2, 0.25) is 0 Å². The molecule has 0 aromatic carbocycles. The Hall–Kier alpha value is -1.40. The van der Waals surface area contributed by atoms with Crippen LogP contribution in [0.1, 0.15) is 61.3 Å². The van der Waals surface area contributed by atoms with E-state index in [4.69, 9.17) is 5.11 Å². The highest BCUT2D eigenvalue weighted by atomic mass is 32.1. The van der Waals surface area contributed by atoms with E-state index in [9.17, 15) is 4.79 Å². The van der Waals surface area contributed by atoms with Crippen LogP contribution in [0.2, 0.25) is 0 Å². The Labute approximate surface area is 141 Å². The van der Waals surface area contributed by atoms with Crippen molar-refractivity contribution in [3.05, 3.63) is 16.6 Å². The van der Waals surface area contributed by atoms with Crippen molar-refractivity contribution < 1.29 is 9.90 Å². The number of aromatic nitrogens is 2. The first-order chi connectivity index (χ1) is 11.0. The van der Waals surface area contributed by atoms with Gasteiger partial charge in [0, 0.05) is 25.6 Å². The molecule has 2 rings (SSSR count). The Morgan fingerprint density at radius 2 is 2.17 bits per heavy atom. The molecule has 128 valence electrons. The molecule has 0 radical (unpaired) electrons. The van der Waals surface area contributed by atoms with E-state index in [-0.39, 0.29) is 12.5 Å². The van der Waals surface area contributed by atoms with Crippen molar-refractivity contribution in [3.8, 4) is 0 Å². The van der Waals surface area contributed by atoms with Gasteiger partial charge in [-0.25, -0.2) is 0 Å². The van der Waals surface area contributed by atoms with Crippen LogP contribution in [0.5, 0.6) is 0 Å². The second kappa shape index (κ2) is 7.93. The van der Waals surface area contributed by atoms with Gasteiger partial charge in [-0.2, -0.15) is 5.10 Å². The van der Waals surface area contributed by atoms with Crippen molar-refractivity contribution >= 4 is 27.5 Å². The molecule has 0 aliphatic rings. The first kappa shape index (κ1) is 17.9. The highest BCUT2D eigenvalue weighted by molar-refractivity contribution is 7.20. The normalized spacial score (nSPS) is 13.0. The number of aliphatic hydroxyl groups excluding tert-OH is 1. The van der Waals surface area contributed by atoms with Gasteiger partial charge in [0.05, 0.1) is 10.6 Å². The van der Waals surface area contributed by atoms with Crippen LogP contribution in [0, 0.1) is 5.92 Å². The lowest BCUT2D eigenvalue weighted by atomic mass is 10.0. The standard InChI is InChI=1S/C17H27N3O2S/c1-5-6-12(7-8-21)10-18-16(22)14-9-13-15(11(2)3)19-20(4)17(13)23-14/h9,11-12,21H,5-8,10H2,1-4H3,(H,18,22). The van der Waals surface area contributed by atoms with Crippen molar-refractivity contribution in [2.45, 2.75) is 46.0 Å². The van der Waals surface area contributed by atoms with E-state index in [0.717, 1.165) is 40.1 Å². The van der Waals surface area contributed by atoms with Crippen LogP contribution in [0.4, 0.5) is 0 Å². The summed E-state index contributed by atoms with van der Waals surface area (Å²) in [7, 11) is 1.92. The van der Waals surface area contributed by atoms with Gasteiger partial charge in [-0.3, -0.25) is 9.48 Å². The monoisotopic (exact) mass is 337 g/mol. The summed E-state index contributed by atoms with van der Waals surface area (Å²) in [5, 5.41) is 17.7. The van der Waals surface area contributed by atoms with Crippen molar-refractivity contribution in [1.82, 2.24) is 15.1 Å². The maximum absolute atomic E-state index is 12.4. The molecule has 2 heterocycles. The topological polar surface area (TPSA) is 67.2 Å². The lowest BCUT2D eigenvalue weighted by Crippen LogP contribution is -2.29. The van der Waals surface area contributed by atoms with Gasteiger partial charge in [0.1, 0.15) is 4.83 Å². The van der Waals surface area contributed by atoms with Crippen LogP contribution in [0.15, 0.2) is 6.07 Å². The number of hydrogen-bond acceptors (Lipinski definition) is 4. The van der Waals surface area contributed by atoms with Crippen molar-refractivity contribution in [1.29, 1.82) is 0 Å². The van der Waals surface area contributed by atoms with Crippen LogP contribution in [0.25, 0.3) is 10.2 Å². The average Bonchev–Trinajstić information content (AvgIpc) is 3.06. The quantitative estimate of drug-likeness (QED) is 0.777. The van der Waals surface area contributed by atoms with Crippen molar-refractivity contribution in [3.63, 3.8) is 0 Å². The minimum Gasteiger partial charge on any atom is -0.396 e. The third kappa shape index (κ3) is 4.12. The molecule has 6 heteroatoms. The number of carbonyl (C=O) groups excluding carboxylic acids is 1. The molecular weight excluding hydrogens is 310 g/mol. The molecule has 0 spiro atoms. The number of hydrogen-bond donors (Lipinski definition) is 2. The van der Waals surface area contributed by atoms with E-state index in [2.05, 4.69) is 31.2 Å². The summed E-state index contributed by atoms with van der Waals surface area (Å²) in [4.78, 5) is 14.2. The second-order valence-electron chi connectivity index (χ2n) is 6.37. The Bertz CT molecular complexity index is 654. The van der Waals surface area contributed by atoms with Crippen LogP contribution in [-0.2, 0) is 7.05 Å². The Morgan fingerprint density at radius 1 is 1.43 bits per heavy atom. The predicted molar refractivity (Wildman–Crippen MR) is 95.1 cm³/mol. The van der Waals surface area contributed by atoms with E-state index in [0.29, 0.717) is 18.4 Å². The van der Waals surface area contributed by atoms with Gasteiger partial charge in [-0.15, -0.1) is 11.3 Å². The summed E-state index contributed by atoms with van der Waals surface area (Å²) >= 11 is 1.49. The van der Waals surface area contributed by atoms with E-state index < -0.39 is 0 Å². The minimum absolute atomic E-state index is 0.0278. The molecule has 5 nitrogen and oxygen atoms in total. The number of nitrogens with zero attached hydrogens (tertiary/aromatic N) is 2. The summed E-state index contributed by atoms with van der Waals surface area (Å²) in [5.74, 6) is 0.652. The average molecular weight is 337 g/mol. The summed E-state index contributed by atoms with van der Waals surface area (Å²) in [6.45, 7) is 7.15. The van der Waals surface area contributed by atoms with E-state index in [1.807, 2.05) is 17.8 Å². The van der Waals surface area contributed by atoms with Crippen LogP contribution >= 0.6 is 11.3 Å². The highest BCUT2D eigenvalue weighted by Crippen LogP contribution is 2.31. The molecule has 0 aliphatic carbocycles. The smallest absolute Gasteiger partial charge is 0.261 e. The van der Waals surface area contributed by atoms with Crippen LogP contribution < -0.4 is 5.32 Å². The number of aliphatic hydroxyl groups is 1. The second-order valence-corrected chi connectivity index (χ2v) is 7.40. The first-order valence-electron chi connectivity index (χ1n) is 8.33. The third-order valence-corrected chi connectivity index (χ3v) is 5.30. The molecule has 1 unspecified atom stereocenters. The zero-order valence-electron chi connectivity index (χ0n) is 14.4. The number of fused-ring (bicyclic) bond motifs is 1. The third-order valence-electron chi connectivity index (χ3n) is 4.10. The predicted octanol–water partition coefficient (Wildman–Crippen LogP) is 3.29. The van der Waals surface area contributed by atoms with Crippen LogP contribution in [0.3, 0.4) is 0 Å². The van der Waals surface area contributed by atoms with Gasteiger partial charge >= 0.3 is 0 Å². The Kier molecular flexibility index (Phi) is 6.18. The van der Waals surface area contributed by atoms with Gasteiger partial charge in [0.15, 0.2) is 0 Å². The molecule has 0 aliphatic heterocycles. The molecule has 23 heavy (non-hydrogen) atoms. The van der Waals surface area contributed by atoms with Gasteiger partial charge in [-0.1, -0.05) is 27.2 Å². The van der Waals surface area contributed by atoms with Gasteiger partial charge in [0.25, 0.3) is 5.91 Å². The largest absolute Gasteiger partial charge is 0.396 e. The molecule has 0 bridgehead atoms. The van der Waals surface area contributed by atoms with E-state index in [1.165, 1.54) is 11.3 Å². The lowest BCUT2D eigenvalue weighted by Gasteiger charge is -2.15. The van der Waals surface area contributed by atoms with Crippen molar-refractivity contribution in [2.24, 2.45) is 13.0 Å². The SMILES string of the molecule is CCCC(CCO)CNC(=O)c1cc2c(C(C)C)nn(C)c2s1. The molecule has 2 aromatic rings. The highest BCUT2D eigenvalue weighted by Gasteiger charge is 2.19. The molecule has 1 atom stereocenters. The fourth-order valence-corrected chi connectivity index (χ4v) is 3.86. The maximum Gasteiger partial charge on any atom is 0.261 e. The van der Waals surface area contributed by atoms with E-state index in [1.54, 1.807) is 0 Å². The molecule has 2 N–H and O–H groups in total. The fraction of sp³-hybridized carbons (Fsp3) is 0.647.